The van der Waals surface area contributed by atoms with E-state index in [1.165, 1.54) is 11.3 Å². The van der Waals surface area contributed by atoms with Crippen LogP contribution in [0.1, 0.15) is 42.1 Å². The second kappa shape index (κ2) is 11.4. The molecular formula is C31H27ClN2O4S. The number of aryl methyl sites for hydroxylation is 1. The maximum absolute atomic E-state index is 13.7. The Morgan fingerprint density at radius 2 is 1.72 bits per heavy atom. The van der Waals surface area contributed by atoms with Gasteiger partial charge < -0.3 is 9.47 Å². The van der Waals surface area contributed by atoms with E-state index in [2.05, 4.69) is 4.99 Å². The van der Waals surface area contributed by atoms with Crippen LogP contribution in [0, 0.1) is 6.92 Å². The number of ether oxygens (including phenoxy) is 2. The monoisotopic (exact) mass is 558 g/mol. The third-order valence-electron chi connectivity index (χ3n) is 6.41. The molecule has 0 aliphatic carbocycles. The topological polar surface area (TPSA) is 69.9 Å². The Balaban J connectivity index is 1.48. The average Bonchev–Trinajstić information content (AvgIpc) is 3.23. The number of allylic oxidation sites excluding steroid dienone is 1. The van der Waals surface area contributed by atoms with Crippen molar-refractivity contribution in [1.82, 2.24) is 4.57 Å². The fourth-order valence-corrected chi connectivity index (χ4v) is 5.59. The number of nitrogens with zero attached hydrogens (tertiary/aromatic N) is 2. The number of fused-ring (bicyclic) bond motifs is 1. The van der Waals surface area contributed by atoms with Crippen LogP contribution in [0.5, 0.6) is 5.75 Å². The van der Waals surface area contributed by atoms with Crippen LogP contribution >= 0.6 is 22.9 Å². The van der Waals surface area contributed by atoms with Crippen LogP contribution in [-0.2, 0) is 16.1 Å². The Kier molecular flexibility index (Phi) is 7.82. The zero-order valence-corrected chi connectivity index (χ0v) is 23.4. The molecule has 1 aromatic heterocycles. The molecule has 0 amide bonds. The van der Waals surface area contributed by atoms with E-state index in [1.807, 2.05) is 85.8 Å². The van der Waals surface area contributed by atoms with Gasteiger partial charge in [0.05, 0.1) is 28.5 Å². The highest BCUT2D eigenvalue weighted by molar-refractivity contribution is 7.07. The molecule has 0 saturated carbocycles. The van der Waals surface area contributed by atoms with E-state index in [9.17, 15) is 9.59 Å². The normalized spacial score (nSPS) is 15.1. The van der Waals surface area contributed by atoms with Gasteiger partial charge in [-0.2, -0.15) is 0 Å². The summed E-state index contributed by atoms with van der Waals surface area (Å²) in [6.07, 6.45) is 1.84. The minimum Gasteiger partial charge on any atom is -0.489 e. The number of hydrogen-bond donors (Lipinski definition) is 0. The third-order valence-corrected chi connectivity index (χ3v) is 7.64. The number of thiazole rings is 1. The average molecular weight is 559 g/mol. The van der Waals surface area contributed by atoms with E-state index in [1.54, 1.807) is 18.4 Å². The predicted octanol–water partition coefficient (Wildman–Crippen LogP) is 5.34. The molecule has 5 rings (SSSR count). The van der Waals surface area contributed by atoms with Gasteiger partial charge in [0.25, 0.3) is 5.56 Å². The zero-order chi connectivity index (χ0) is 27.5. The van der Waals surface area contributed by atoms with Gasteiger partial charge in [-0.15, -0.1) is 0 Å². The van der Waals surface area contributed by atoms with Crippen molar-refractivity contribution in [3.05, 3.63) is 131 Å². The molecule has 1 atom stereocenters. The SMILES string of the molecule is CCOC(=O)C1=C(C)N=c2s/c(=C\c3ccc(OCc4ccc(Cl)cc4)cc3)c(=O)n2C1c1ccc(C)cc1. The first kappa shape index (κ1) is 26.7. The second-order valence-corrected chi connectivity index (χ2v) is 10.6. The van der Waals surface area contributed by atoms with Gasteiger partial charge in [0.15, 0.2) is 4.80 Å². The summed E-state index contributed by atoms with van der Waals surface area (Å²) in [5.41, 5.74) is 4.51. The van der Waals surface area contributed by atoms with Gasteiger partial charge in [0.1, 0.15) is 12.4 Å². The minimum absolute atomic E-state index is 0.207. The van der Waals surface area contributed by atoms with Gasteiger partial charge in [-0.3, -0.25) is 9.36 Å². The van der Waals surface area contributed by atoms with Crippen LogP contribution < -0.4 is 19.6 Å². The third kappa shape index (κ3) is 5.75. The summed E-state index contributed by atoms with van der Waals surface area (Å²) in [6.45, 7) is 6.21. The largest absolute Gasteiger partial charge is 0.489 e. The van der Waals surface area contributed by atoms with E-state index in [-0.39, 0.29) is 12.2 Å². The van der Waals surface area contributed by atoms with Crippen molar-refractivity contribution in [3.8, 4) is 5.75 Å². The van der Waals surface area contributed by atoms with Gasteiger partial charge in [-0.1, -0.05) is 77.0 Å². The number of aromatic nitrogens is 1. The van der Waals surface area contributed by atoms with Crippen LogP contribution in [0.3, 0.4) is 0 Å². The summed E-state index contributed by atoms with van der Waals surface area (Å²) in [6, 6.07) is 22.3. The van der Waals surface area contributed by atoms with E-state index >= 15 is 0 Å². The predicted molar refractivity (Wildman–Crippen MR) is 154 cm³/mol. The molecule has 39 heavy (non-hydrogen) atoms. The standard InChI is InChI=1S/C31H27ClN2O4S/c1-4-37-30(36)27-20(3)33-31-34(28(27)23-11-5-19(2)6-12-23)29(35)26(39-31)17-21-9-15-25(16-10-21)38-18-22-7-13-24(32)14-8-22/h5-17,28H,4,18H2,1-3H3/b26-17-. The van der Waals surface area contributed by atoms with Crippen LogP contribution in [0.15, 0.2) is 93.9 Å². The molecule has 4 aromatic rings. The van der Waals surface area contributed by atoms with Crippen molar-refractivity contribution >= 4 is 35.0 Å². The first-order valence-electron chi connectivity index (χ1n) is 12.6. The number of esters is 1. The van der Waals surface area contributed by atoms with Crippen molar-refractivity contribution < 1.29 is 14.3 Å². The van der Waals surface area contributed by atoms with Crippen molar-refractivity contribution in [2.45, 2.75) is 33.4 Å². The van der Waals surface area contributed by atoms with Crippen molar-refractivity contribution in [3.63, 3.8) is 0 Å². The van der Waals surface area contributed by atoms with Crippen LogP contribution in [0.4, 0.5) is 0 Å². The molecule has 0 fully saturated rings. The Hall–Kier alpha value is -3.94. The van der Waals surface area contributed by atoms with Crippen LogP contribution in [-0.4, -0.2) is 17.1 Å². The van der Waals surface area contributed by atoms with Crippen molar-refractivity contribution in [2.24, 2.45) is 4.99 Å². The van der Waals surface area contributed by atoms with Crippen molar-refractivity contribution in [1.29, 1.82) is 0 Å². The van der Waals surface area contributed by atoms with Gasteiger partial charge >= 0.3 is 5.97 Å². The molecule has 0 saturated heterocycles. The summed E-state index contributed by atoms with van der Waals surface area (Å²) in [7, 11) is 0. The van der Waals surface area contributed by atoms with Crippen molar-refractivity contribution in [2.75, 3.05) is 6.61 Å². The summed E-state index contributed by atoms with van der Waals surface area (Å²) in [4.78, 5) is 31.9. The molecule has 0 radical (unpaired) electrons. The molecule has 1 aliphatic heterocycles. The first-order valence-corrected chi connectivity index (χ1v) is 13.8. The number of carbonyl (C=O) groups is 1. The molecule has 1 aliphatic rings. The lowest BCUT2D eigenvalue weighted by Crippen LogP contribution is -2.39. The molecule has 3 aromatic carbocycles. The molecule has 2 heterocycles. The lowest BCUT2D eigenvalue weighted by Gasteiger charge is -2.24. The van der Waals surface area contributed by atoms with Gasteiger partial charge in [-0.25, -0.2) is 9.79 Å². The van der Waals surface area contributed by atoms with E-state index in [0.717, 1.165) is 28.0 Å². The fraction of sp³-hybridized carbons (Fsp3) is 0.194. The lowest BCUT2D eigenvalue weighted by molar-refractivity contribution is -0.139. The number of benzene rings is 3. The number of rotatable bonds is 7. The molecule has 1 unspecified atom stereocenters. The van der Waals surface area contributed by atoms with Crippen LogP contribution in [0.2, 0.25) is 5.02 Å². The smallest absolute Gasteiger partial charge is 0.338 e. The molecule has 0 N–H and O–H groups in total. The summed E-state index contributed by atoms with van der Waals surface area (Å²) in [5.74, 6) is 0.255. The highest BCUT2D eigenvalue weighted by Crippen LogP contribution is 2.30. The highest BCUT2D eigenvalue weighted by Gasteiger charge is 2.33. The van der Waals surface area contributed by atoms with Gasteiger partial charge in [0.2, 0.25) is 0 Å². The van der Waals surface area contributed by atoms with E-state index < -0.39 is 12.0 Å². The Morgan fingerprint density at radius 3 is 2.38 bits per heavy atom. The minimum atomic E-state index is -0.619. The molecule has 0 spiro atoms. The first-order chi connectivity index (χ1) is 18.8. The molecule has 8 heteroatoms. The quantitative estimate of drug-likeness (QED) is 0.287. The maximum atomic E-state index is 13.7. The number of carbonyl (C=O) groups excluding carboxylic acids is 1. The van der Waals surface area contributed by atoms with Gasteiger partial charge in [0, 0.05) is 5.02 Å². The Bertz CT molecular complexity index is 1720. The zero-order valence-electron chi connectivity index (χ0n) is 21.8. The lowest BCUT2D eigenvalue weighted by atomic mass is 9.95. The van der Waals surface area contributed by atoms with E-state index in [0.29, 0.717) is 32.2 Å². The summed E-state index contributed by atoms with van der Waals surface area (Å²) >= 11 is 7.25. The van der Waals surface area contributed by atoms with Gasteiger partial charge in [-0.05, 0) is 67.8 Å². The maximum Gasteiger partial charge on any atom is 0.338 e. The fourth-order valence-electron chi connectivity index (χ4n) is 4.41. The number of halogens is 1. The summed E-state index contributed by atoms with van der Waals surface area (Å²) in [5, 5.41) is 0.686. The summed E-state index contributed by atoms with van der Waals surface area (Å²) < 4.78 is 13.4. The van der Waals surface area contributed by atoms with Crippen LogP contribution in [0.25, 0.3) is 6.08 Å². The highest BCUT2D eigenvalue weighted by atomic mass is 35.5. The Morgan fingerprint density at radius 1 is 1.03 bits per heavy atom. The molecule has 6 nitrogen and oxygen atoms in total. The molecular weight excluding hydrogens is 532 g/mol. The van der Waals surface area contributed by atoms with E-state index in [4.69, 9.17) is 21.1 Å². The Labute approximate surface area is 235 Å². The molecule has 198 valence electrons. The number of hydrogen-bond acceptors (Lipinski definition) is 6. The second-order valence-electron chi connectivity index (χ2n) is 9.20. The molecule has 0 bridgehead atoms.